The summed E-state index contributed by atoms with van der Waals surface area (Å²) in [6, 6.07) is 13.1. The van der Waals surface area contributed by atoms with Crippen LogP contribution < -0.4 is 9.46 Å². The van der Waals surface area contributed by atoms with Gasteiger partial charge in [0.25, 0.3) is 5.91 Å². The third-order valence-corrected chi connectivity index (χ3v) is 6.52. The number of benzene rings is 2. The van der Waals surface area contributed by atoms with Gasteiger partial charge in [0.1, 0.15) is 5.75 Å². The molecule has 0 atom stereocenters. The lowest BCUT2D eigenvalue weighted by Gasteiger charge is -2.32. The number of amides is 1. The Kier molecular flexibility index (Phi) is 6.59. The number of carbonyl (C=O) groups excluding carboxylic acids is 1. The molecule has 0 unspecified atom stereocenters. The first-order chi connectivity index (χ1) is 13.4. The van der Waals surface area contributed by atoms with Crippen molar-refractivity contribution in [3.8, 4) is 5.75 Å². The summed E-state index contributed by atoms with van der Waals surface area (Å²) in [6.07, 6.45) is 1.10. The minimum Gasteiger partial charge on any atom is -0.494 e. The number of sulfonamides is 1. The maximum atomic E-state index is 12.6. The van der Waals surface area contributed by atoms with Crippen molar-refractivity contribution in [3.05, 3.63) is 59.1 Å². The van der Waals surface area contributed by atoms with Crippen LogP contribution in [-0.2, 0) is 10.0 Å². The van der Waals surface area contributed by atoms with Gasteiger partial charge < -0.3 is 9.64 Å². The van der Waals surface area contributed by atoms with Gasteiger partial charge in [-0.15, -0.1) is 0 Å². The maximum absolute atomic E-state index is 12.6. The zero-order valence-electron chi connectivity index (χ0n) is 15.6. The third-order valence-electron chi connectivity index (χ3n) is 4.65. The van der Waals surface area contributed by atoms with Crippen LogP contribution in [0.4, 0.5) is 0 Å². The molecule has 3 rings (SSSR count). The van der Waals surface area contributed by atoms with Crippen LogP contribution >= 0.6 is 11.6 Å². The van der Waals surface area contributed by atoms with E-state index in [1.165, 1.54) is 12.1 Å². The molecule has 150 valence electrons. The van der Waals surface area contributed by atoms with Crippen LogP contribution in [0.25, 0.3) is 0 Å². The highest BCUT2D eigenvalue weighted by atomic mass is 35.5. The molecule has 0 saturated carbocycles. The van der Waals surface area contributed by atoms with Crippen LogP contribution in [0.15, 0.2) is 53.4 Å². The van der Waals surface area contributed by atoms with Crippen molar-refractivity contribution in [2.45, 2.75) is 30.7 Å². The van der Waals surface area contributed by atoms with Crippen LogP contribution in [0.2, 0.25) is 5.02 Å². The fraction of sp³-hybridized carbons (Fsp3) is 0.350. The first-order valence-electron chi connectivity index (χ1n) is 9.19. The molecule has 1 heterocycles. The van der Waals surface area contributed by atoms with E-state index in [1.807, 2.05) is 6.92 Å². The van der Waals surface area contributed by atoms with Crippen LogP contribution in [0, 0.1) is 0 Å². The Morgan fingerprint density at radius 1 is 1.14 bits per heavy atom. The van der Waals surface area contributed by atoms with Crippen LogP contribution in [0.1, 0.15) is 30.1 Å². The summed E-state index contributed by atoms with van der Waals surface area (Å²) in [4.78, 5) is 14.5. The average molecular weight is 423 g/mol. The zero-order valence-corrected chi connectivity index (χ0v) is 17.2. The monoisotopic (exact) mass is 422 g/mol. The number of ether oxygens (including phenoxy) is 1. The van der Waals surface area contributed by atoms with Crippen molar-refractivity contribution < 1.29 is 17.9 Å². The van der Waals surface area contributed by atoms with E-state index in [4.69, 9.17) is 16.3 Å². The fourth-order valence-electron chi connectivity index (χ4n) is 3.17. The summed E-state index contributed by atoms with van der Waals surface area (Å²) in [5, 5.41) is 0.422. The molecule has 1 amide bonds. The second kappa shape index (κ2) is 8.94. The lowest BCUT2D eigenvalue weighted by molar-refractivity contribution is 0.0711. The van der Waals surface area contributed by atoms with Crippen LogP contribution in [0.5, 0.6) is 5.75 Å². The predicted molar refractivity (Wildman–Crippen MR) is 108 cm³/mol. The van der Waals surface area contributed by atoms with Gasteiger partial charge in [-0.3, -0.25) is 4.79 Å². The Morgan fingerprint density at radius 2 is 1.79 bits per heavy atom. The number of halogens is 1. The molecule has 2 aromatic rings. The number of nitrogens with zero attached hydrogens (tertiary/aromatic N) is 1. The van der Waals surface area contributed by atoms with E-state index < -0.39 is 10.0 Å². The van der Waals surface area contributed by atoms with Gasteiger partial charge in [0.15, 0.2) is 0 Å². The standard InChI is InChI=1S/C20H23ClN2O4S/c1-2-27-16-7-9-17(10-8-16)28(25,26)22-15-11-13-23(14-12-15)20(24)18-5-3-4-6-19(18)21/h3-10,15,22H,2,11-14H2,1H3. The molecule has 6 nitrogen and oxygen atoms in total. The first-order valence-corrected chi connectivity index (χ1v) is 11.1. The van der Waals surface area contributed by atoms with Gasteiger partial charge in [0.05, 0.1) is 22.1 Å². The number of likely N-dealkylation sites (tertiary alicyclic amines) is 1. The van der Waals surface area contributed by atoms with Gasteiger partial charge in [0.2, 0.25) is 10.0 Å². The highest BCUT2D eigenvalue weighted by Gasteiger charge is 2.27. The molecule has 1 fully saturated rings. The Balaban J connectivity index is 1.59. The number of hydrogen-bond acceptors (Lipinski definition) is 4. The van der Waals surface area contributed by atoms with E-state index in [-0.39, 0.29) is 16.8 Å². The summed E-state index contributed by atoms with van der Waals surface area (Å²) < 4.78 is 33.3. The quantitative estimate of drug-likeness (QED) is 0.774. The lowest BCUT2D eigenvalue weighted by atomic mass is 10.0. The molecule has 0 spiro atoms. The zero-order chi connectivity index (χ0) is 20.1. The molecule has 0 radical (unpaired) electrons. The van der Waals surface area contributed by atoms with Gasteiger partial charge in [0, 0.05) is 19.1 Å². The van der Waals surface area contributed by atoms with Crippen LogP contribution in [0.3, 0.4) is 0 Å². The van der Waals surface area contributed by atoms with Crippen molar-refractivity contribution in [2.75, 3.05) is 19.7 Å². The SMILES string of the molecule is CCOc1ccc(S(=O)(=O)NC2CCN(C(=O)c3ccccc3Cl)CC2)cc1. The number of piperidine rings is 1. The smallest absolute Gasteiger partial charge is 0.255 e. The number of hydrogen-bond donors (Lipinski definition) is 1. The minimum atomic E-state index is -3.62. The second-order valence-electron chi connectivity index (χ2n) is 6.57. The van der Waals surface area contributed by atoms with E-state index >= 15 is 0 Å². The summed E-state index contributed by atoms with van der Waals surface area (Å²) in [5.74, 6) is 0.506. The van der Waals surface area contributed by atoms with Crippen molar-refractivity contribution >= 4 is 27.5 Å². The van der Waals surface area contributed by atoms with Crippen molar-refractivity contribution in [2.24, 2.45) is 0 Å². The molecule has 1 aliphatic heterocycles. The lowest BCUT2D eigenvalue weighted by Crippen LogP contribution is -2.46. The van der Waals surface area contributed by atoms with E-state index in [9.17, 15) is 13.2 Å². The Labute approximate surface area is 170 Å². The van der Waals surface area contributed by atoms with Gasteiger partial charge in [-0.2, -0.15) is 0 Å². The first kappa shape index (κ1) is 20.6. The highest BCUT2D eigenvalue weighted by molar-refractivity contribution is 7.89. The minimum absolute atomic E-state index is 0.126. The highest BCUT2D eigenvalue weighted by Crippen LogP contribution is 2.21. The summed E-state index contributed by atoms with van der Waals surface area (Å²) >= 11 is 6.10. The van der Waals surface area contributed by atoms with Gasteiger partial charge >= 0.3 is 0 Å². The van der Waals surface area contributed by atoms with E-state index in [0.29, 0.717) is 48.9 Å². The molecule has 8 heteroatoms. The van der Waals surface area contributed by atoms with Crippen molar-refractivity contribution in [3.63, 3.8) is 0 Å². The number of carbonyl (C=O) groups is 1. The predicted octanol–water partition coefficient (Wildman–Crippen LogP) is 3.32. The summed E-state index contributed by atoms with van der Waals surface area (Å²) in [7, 11) is -3.62. The Bertz CT molecular complexity index is 923. The van der Waals surface area contributed by atoms with Crippen molar-refractivity contribution in [1.29, 1.82) is 0 Å². The Morgan fingerprint density at radius 3 is 2.39 bits per heavy atom. The third kappa shape index (κ3) is 4.84. The largest absolute Gasteiger partial charge is 0.494 e. The van der Waals surface area contributed by atoms with Gasteiger partial charge in [-0.05, 0) is 56.2 Å². The molecule has 28 heavy (non-hydrogen) atoms. The molecule has 0 aromatic heterocycles. The molecular formula is C20H23ClN2O4S. The molecule has 1 saturated heterocycles. The molecule has 1 N–H and O–H groups in total. The number of rotatable bonds is 6. The van der Waals surface area contributed by atoms with Gasteiger partial charge in [-0.25, -0.2) is 13.1 Å². The topological polar surface area (TPSA) is 75.7 Å². The second-order valence-corrected chi connectivity index (χ2v) is 8.69. The van der Waals surface area contributed by atoms with E-state index in [1.54, 1.807) is 41.3 Å². The fourth-order valence-corrected chi connectivity index (χ4v) is 4.70. The average Bonchev–Trinajstić information content (AvgIpc) is 2.69. The normalized spacial score (nSPS) is 15.4. The summed E-state index contributed by atoms with van der Waals surface area (Å²) in [5.41, 5.74) is 0.470. The van der Waals surface area contributed by atoms with Gasteiger partial charge in [-0.1, -0.05) is 23.7 Å². The van der Waals surface area contributed by atoms with Crippen LogP contribution in [-0.4, -0.2) is 45.0 Å². The van der Waals surface area contributed by atoms with E-state index in [2.05, 4.69) is 4.72 Å². The molecular weight excluding hydrogens is 400 g/mol. The molecule has 2 aromatic carbocycles. The van der Waals surface area contributed by atoms with E-state index in [0.717, 1.165) is 0 Å². The Hall–Kier alpha value is -2.09. The van der Waals surface area contributed by atoms with Crippen molar-refractivity contribution in [1.82, 2.24) is 9.62 Å². The maximum Gasteiger partial charge on any atom is 0.255 e. The molecule has 0 bridgehead atoms. The molecule has 0 aliphatic carbocycles. The summed E-state index contributed by atoms with van der Waals surface area (Å²) in [6.45, 7) is 3.34. The number of nitrogens with one attached hydrogen (secondary N) is 1. The molecule has 1 aliphatic rings.